The molecule has 25 heavy (non-hydrogen) atoms. The first kappa shape index (κ1) is 17.0. The van der Waals surface area contributed by atoms with Crippen LogP contribution >= 0.6 is 0 Å². The Balaban J connectivity index is 1.59. The second kappa shape index (κ2) is 7.36. The molecular weight excluding hydrogens is 316 g/mol. The minimum Gasteiger partial charge on any atom is -0.503 e. The van der Waals surface area contributed by atoms with Crippen molar-refractivity contribution in [3.8, 4) is 5.75 Å². The van der Waals surface area contributed by atoms with Gasteiger partial charge in [0.2, 0.25) is 5.43 Å². The number of pyridine rings is 2. The quantitative estimate of drug-likeness (QED) is 0.600. The Morgan fingerprint density at radius 3 is 2.84 bits per heavy atom. The van der Waals surface area contributed by atoms with Crippen LogP contribution in [0.25, 0.3) is 10.9 Å². The monoisotopic (exact) mass is 338 g/mol. The molecular formula is C19H22N4O2. The lowest BCUT2D eigenvalue weighted by atomic mass is 10.2. The van der Waals surface area contributed by atoms with Gasteiger partial charge in [-0.25, -0.2) is 0 Å². The molecule has 0 atom stereocenters. The highest BCUT2D eigenvalue weighted by Gasteiger charge is 2.10. The summed E-state index contributed by atoms with van der Waals surface area (Å²) in [6.45, 7) is 3.69. The lowest BCUT2D eigenvalue weighted by Gasteiger charge is -2.15. The van der Waals surface area contributed by atoms with Gasteiger partial charge >= 0.3 is 0 Å². The average Bonchev–Trinajstić information content (AvgIpc) is 2.62. The number of anilines is 1. The average molecular weight is 338 g/mol. The van der Waals surface area contributed by atoms with Crippen LogP contribution in [0.15, 0.2) is 47.4 Å². The van der Waals surface area contributed by atoms with E-state index in [2.05, 4.69) is 15.6 Å². The molecule has 0 unspecified atom stereocenters. The van der Waals surface area contributed by atoms with Crippen LogP contribution in [0.5, 0.6) is 5.75 Å². The Bertz CT molecular complexity index is 945. The standard InChI is InChI=1S/C19H22N4O2/c1-13-11-18(24)19(25)17(23(13)2)12-20-9-10-22-16-7-8-21-15-6-4-3-5-14(15)16/h3-8,11,20,25H,9-10,12H2,1-2H3,(H,21,22). The summed E-state index contributed by atoms with van der Waals surface area (Å²) in [7, 11) is 1.84. The van der Waals surface area contributed by atoms with Crippen molar-refractivity contribution in [1.29, 1.82) is 0 Å². The Kier molecular flexibility index (Phi) is 5.00. The van der Waals surface area contributed by atoms with Crippen LogP contribution in [0.1, 0.15) is 11.4 Å². The molecule has 0 bridgehead atoms. The van der Waals surface area contributed by atoms with Crippen LogP contribution < -0.4 is 16.1 Å². The fourth-order valence-corrected chi connectivity index (χ4v) is 2.81. The largest absolute Gasteiger partial charge is 0.503 e. The van der Waals surface area contributed by atoms with Gasteiger partial charge in [-0.15, -0.1) is 0 Å². The normalized spacial score (nSPS) is 11.0. The predicted molar refractivity (Wildman–Crippen MR) is 100 cm³/mol. The van der Waals surface area contributed by atoms with Crippen LogP contribution in [-0.2, 0) is 13.6 Å². The number of benzene rings is 1. The first-order valence-corrected chi connectivity index (χ1v) is 8.24. The molecule has 3 rings (SSSR count). The van der Waals surface area contributed by atoms with Crippen LogP contribution in [0, 0.1) is 6.92 Å². The lowest BCUT2D eigenvalue weighted by Crippen LogP contribution is -2.25. The van der Waals surface area contributed by atoms with Gasteiger partial charge in [-0.1, -0.05) is 18.2 Å². The molecule has 2 aromatic heterocycles. The van der Waals surface area contributed by atoms with E-state index in [0.29, 0.717) is 25.3 Å². The topological polar surface area (TPSA) is 79.2 Å². The summed E-state index contributed by atoms with van der Waals surface area (Å²) in [5, 5.41) is 17.7. The molecule has 1 aromatic carbocycles. The molecule has 0 saturated carbocycles. The van der Waals surface area contributed by atoms with Crippen molar-refractivity contribution in [2.24, 2.45) is 7.05 Å². The number of hydrogen-bond acceptors (Lipinski definition) is 5. The zero-order valence-corrected chi connectivity index (χ0v) is 14.4. The number of hydrogen-bond donors (Lipinski definition) is 3. The highest BCUT2D eigenvalue weighted by atomic mass is 16.3. The zero-order chi connectivity index (χ0) is 17.8. The van der Waals surface area contributed by atoms with E-state index >= 15 is 0 Å². The van der Waals surface area contributed by atoms with Gasteiger partial charge in [0.1, 0.15) is 0 Å². The Hall–Kier alpha value is -2.86. The first-order chi connectivity index (χ1) is 12.1. The van der Waals surface area contributed by atoms with Gasteiger partial charge in [0, 0.05) is 55.7 Å². The third-order valence-corrected chi connectivity index (χ3v) is 4.34. The Morgan fingerprint density at radius 1 is 1.20 bits per heavy atom. The molecule has 3 N–H and O–H groups in total. The minimum atomic E-state index is -0.339. The van der Waals surface area contributed by atoms with E-state index in [1.54, 1.807) is 6.20 Å². The van der Waals surface area contributed by atoms with Crippen molar-refractivity contribution >= 4 is 16.6 Å². The van der Waals surface area contributed by atoms with E-state index in [0.717, 1.165) is 22.3 Å². The van der Waals surface area contributed by atoms with E-state index in [-0.39, 0.29) is 11.2 Å². The highest BCUT2D eigenvalue weighted by molar-refractivity contribution is 5.90. The highest BCUT2D eigenvalue weighted by Crippen LogP contribution is 2.20. The molecule has 0 spiro atoms. The van der Waals surface area contributed by atoms with E-state index in [1.807, 2.05) is 48.9 Å². The Labute approximate surface area is 146 Å². The summed E-state index contributed by atoms with van der Waals surface area (Å²) < 4.78 is 1.83. The molecule has 0 amide bonds. The summed E-state index contributed by atoms with van der Waals surface area (Å²) in [6, 6.07) is 11.4. The van der Waals surface area contributed by atoms with Gasteiger partial charge in [-0.3, -0.25) is 9.78 Å². The molecule has 2 heterocycles. The summed E-state index contributed by atoms with van der Waals surface area (Å²) in [6.07, 6.45) is 1.79. The fourth-order valence-electron chi connectivity index (χ4n) is 2.81. The first-order valence-electron chi connectivity index (χ1n) is 8.24. The molecule has 3 aromatic rings. The zero-order valence-electron chi connectivity index (χ0n) is 14.4. The van der Waals surface area contributed by atoms with Crippen LogP contribution in [0.2, 0.25) is 0 Å². The second-order valence-electron chi connectivity index (χ2n) is 5.98. The number of fused-ring (bicyclic) bond motifs is 1. The smallest absolute Gasteiger partial charge is 0.223 e. The van der Waals surface area contributed by atoms with Crippen molar-refractivity contribution in [3.05, 3.63) is 64.2 Å². The molecule has 0 saturated heterocycles. The maximum atomic E-state index is 11.7. The number of aromatic nitrogens is 2. The molecule has 6 heteroatoms. The summed E-state index contributed by atoms with van der Waals surface area (Å²) in [4.78, 5) is 16.0. The fraction of sp³-hybridized carbons (Fsp3) is 0.263. The Morgan fingerprint density at radius 2 is 2.00 bits per heavy atom. The van der Waals surface area contributed by atoms with Gasteiger partial charge in [-0.05, 0) is 19.1 Å². The summed E-state index contributed by atoms with van der Waals surface area (Å²) in [5.41, 5.74) is 3.08. The van der Waals surface area contributed by atoms with E-state index in [9.17, 15) is 9.90 Å². The molecule has 0 aliphatic rings. The summed E-state index contributed by atoms with van der Waals surface area (Å²) >= 11 is 0. The third-order valence-electron chi connectivity index (χ3n) is 4.34. The van der Waals surface area contributed by atoms with E-state index < -0.39 is 0 Å². The van der Waals surface area contributed by atoms with Crippen molar-refractivity contribution < 1.29 is 5.11 Å². The molecule has 130 valence electrons. The van der Waals surface area contributed by atoms with Crippen LogP contribution in [0.4, 0.5) is 5.69 Å². The molecule has 0 fully saturated rings. The van der Waals surface area contributed by atoms with Crippen molar-refractivity contribution in [2.45, 2.75) is 13.5 Å². The predicted octanol–water partition coefficient (Wildman–Crippen LogP) is 2.15. The number of para-hydroxylation sites is 1. The molecule has 0 aliphatic heterocycles. The number of nitrogens with zero attached hydrogens (tertiary/aromatic N) is 2. The number of nitrogens with one attached hydrogen (secondary N) is 2. The van der Waals surface area contributed by atoms with Gasteiger partial charge < -0.3 is 20.3 Å². The van der Waals surface area contributed by atoms with Crippen molar-refractivity contribution in [1.82, 2.24) is 14.9 Å². The van der Waals surface area contributed by atoms with Crippen LogP contribution in [0.3, 0.4) is 0 Å². The van der Waals surface area contributed by atoms with Gasteiger partial charge in [0.05, 0.1) is 11.2 Å². The van der Waals surface area contributed by atoms with Gasteiger partial charge in [0.25, 0.3) is 0 Å². The minimum absolute atomic E-state index is 0.186. The van der Waals surface area contributed by atoms with Crippen molar-refractivity contribution in [3.63, 3.8) is 0 Å². The van der Waals surface area contributed by atoms with Gasteiger partial charge in [-0.2, -0.15) is 0 Å². The maximum absolute atomic E-state index is 11.7. The third kappa shape index (κ3) is 3.64. The van der Waals surface area contributed by atoms with E-state index in [1.165, 1.54) is 6.07 Å². The molecule has 0 aliphatic carbocycles. The number of rotatable bonds is 6. The van der Waals surface area contributed by atoms with Crippen LogP contribution in [-0.4, -0.2) is 27.7 Å². The van der Waals surface area contributed by atoms with E-state index in [4.69, 9.17) is 0 Å². The molecule has 6 nitrogen and oxygen atoms in total. The molecule has 0 radical (unpaired) electrons. The maximum Gasteiger partial charge on any atom is 0.223 e. The number of aromatic hydroxyl groups is 1. The number of aryl methyl sites for hydroxylation is 1. The lowest BCUT2D eigenvalue weighted by molar-refractivity contribution is 0.446. The summed E-state index contributed by atoms with van der Waals surface area (Å²) in [5.74, 6) is -0.186. The second-order valence-corrected chi connectivity index (χ2v) is 5.98. The van der Waals surface area contributed by atoms with Gasteiger partial charge in [0.15, 0.2) is 5.75 Å². The SMILES string of the molecule is Cc1cc(=O)c(O)c(CNCCNc2ccnc3ccccc23)n1C. The van der Waals surface area contributed by atoms with Crippen molar-refractivity contribution in [2.75, 3.05) is 18.4 Å².